The largest absolute Gasteiger partial charge is 0.241 e. The first-order chi connectivity index (χ1) is 11.0. The highest BCUT2D eigenvalue weighted by Crippen LogP contribution is 2.42. The van der Waals surface area contributed by atoms with Crippen molar-refractivity contribution in [3.63, 3.8) is 0 Å². The Balaban J connectivity index is 0.00000169. The lowest BCUT2D eigenvalue weighted by Gasteiger charge is -2.20. The van der Waals surface area contributed by atoms with E-state index in [1.54, 1.807) is 10.4 Å². The third kappa shape index (κ3) is 2.98. The van der Waals surface area contributed by atoms with Crippen molar-refractivity contribution in [2.45, 2.75) is 51.9 Å². The van der Waals surface area contributed by atoms with Crippen molar-refractivity contribution in [1.29, 1.82) is 0 Å². The summed E-state index contributed by atoms with van der Waals surface area (Å²) in [6.07, 6.45) is 5.09. The van der Waals surface area contributed by atoms with Gasteiger partial charge in [-0.15, -0.1) is 23.7 Å². The molecular weight excluding hydrogens is 334 g/mol. The fraction of sp³-hybridized carbons (Fsp3) is 0.381. The van der Waals surface area contributed by atoms with Gasteiger partial charge in [0.1, 0.15) is 4.83 Å². The predicted octanol–water partition coefficient (Wildman–Crippen LogP) is 6.56. The van der Waals surface area contributed by atoms with Crippen LogP contribution in [0.1, 0.15) is 49.7 Å². The van der Waals surface area contributed by atoms with Gasteiger partial charge in [0.25, 0.3) is 0 Å². The molecule has 0 atom stereocenters. The number of thiophene rings is 1. The Morgan fingerprint density at radius 1 is 1.00 bits per heavy atom. The zero-order valence-corrected chi connectivity index (χ0v) is 16.2. The first-order valence-corrected chi connectivity index (χ1v) is 9.37. The van der Waals surface area contributed by atoms with E-state index in [-0.39, 0.29) is 17.8 Å². The van der Waals surface area contributed by atoms with Gasteiger partial charge in [0, 0.05) is 21.4 Å². The van der Waals surface area contributed by atoms with Crippen molar-refractivity contribution < 1.29 is 0 Å². The van der Waals surface area contributed by atoms with Gasteiger partial charge in [-0.2, -0.15) is 0 Å². The zero-order valence-electron chi connectivity index (χ0n) is 14.6. The van der Waals surface area contributed by atoms with Crippen molar-refractivity contribution in [2.75, 3.05) is 0 Å². The Morgan fingerprint density at radius 2 is 1.71 bits per heavy atom. The molecule has 0 bridgehead atoms. The molecule has 1 aromatic carbocycles. The minimum Gasteiger partial charge on any atom is -0.241 e. The monoisotopic (exact) mass is 357 g/mol. The van der Waals surface area contributed by atoms with Gasteiger partial charge in [-0.1, -0.05) is 51.1 Å². The number of nitrogens with zero attached hydrogens (tertiary/aromatic N) is 1. The molecule has 1 nitrogen and oxygen atoms in total. The molecule has 2 aromatic heterocycles. The van der Waals surface area contributed by atoms with Gasteiger partial charge in [0.2, 0.25) is 0 Å². The Bertz CT molecular complexity index is 859. The van der Waals surface area contributed by atoms with Crippen LogP contribution in [-0.4, -0.2) is 4.98 Å². The zero-order chi connectivity index (χ0) is 16.0. The molecule has 1 aliphatic carbocycles. The maximum Gasteiger partial charge on any atom is 0.124 e. The number of hydrogen-bond donors (Lipinski definition) is 0. The molecular formula is C21H24ClNS. The number of aromatic nitrogens is 1. The first kappa shape index (κ1) is 17.4. The van der Waals surface area contributed by atoms with Crippen LogP contribution < -0.4 is 0 Å². The number of fused-ring (bicyclic) bond motifs is 3. The van der Waals surface area contributed by atoms with E-state index in [1.807, 2.05) is 11.3 Å². The molecule has 126 valence electrons. The van der Waals surface area contributed by atoms with Gasteiger partial charge < -0.3 is 0 Å². The molecule has 0 amide bonds. The maximum atomic E-state index is 5.06. The summed E-state index contributed by atoms with van der Waals surface area (Å²) in [5.41, 5.74) is 5.53. The van der Waals surface area contributed by atoms with E-state index in [0.29, 0.717) is 0 Å². The Labute approximate surface area is 154 Å². The van der Waals surface area contributed by atoms with Crippen LogP contribution in [0.25, 0.3) is 21.3 Å². The highest BCUT2D eigenvalue weighted by atomic mass is 35.5. The molecule has 0 N–H and O–H groups in total. The van der Waals surface area contributed by atoms with Crippen molar-refractivity contribution in [3.05, 3.63) is 52.5 Å². The molecule has 0 radical (unpaired) electrons. The fourth-order valence-electron chi connectivity index (χ4n) is 3.49. The van der Waals surface area contributed by atoms with Gasteiger partial charge >= 0.3 is 0 Å². The smallest absolute Gasteiger partial charge is 0.124 e. The Hall–Kier alpha value is -1.38. The van der Waals surface area contributed by atoms with Crippen LogP contribution in [0.3, 0.4) is 0 Å². The summed E-state index contributed by atoms with van der Waals surface area (Å²) < 4.78 is 0. The SMILES string of the molecule is CC(C)(C)c1cc(-c2ccccc2)c2c3c(sc2n1)CCCC3.Cl. The average molecular weight is 358 g/mol. The van der Waals surface area contributed by atoms with Crippen molar-refractivity contribution in [2.24, 2.45) is 0 Å². The number of halogens is 1. The third-order valence-electron chi connectivity index (χ3n) is 4.78. The van der Waals surface area contributed by atoms with E-state index in [1.165, 1.54) is 52.7 Å². The molecule has 0 aliphatic heterocycles. The summed E-state index contributed by atoms with van der Waals surface area (Å²) in [4.78, 5) is 7.87. The summed E-state index contributed by atoms with van der Waals surface area (Å²) in [7, 11) is 0. The van der Waals surface area contributed by atoms with E-state index in [0.717, 1.165) is 0 Å². The second-order valence-electron chi connectivity index (χ2n) is 7.56. The molecule has 0 saturated heterocycles. The van der Waals surface area contributed by atoms with Crippen LogP contribution in [0.5, 0.6) is 0 Å². The van der Waals surface area contributed by atoms with E-state index in [2.05, 4.69) is 57.2 Å². The number of benzene rings is 1. The molecule has 2 heterocycles. The van der Waals surface area contributed by atoms with Gasteiger partial charge in [-0.25, -0.2) is 4.98 Å². The normalized spacial score (nSPS) is 14.3. The standard InChI is InChI=1S/C21H23NS.ClH/c1-21(2,3)18-13-16(14-9-5-4-6-10-14)19-15-11-7-8-12-17(15)23-20(19)22-18;/h4-6,9-10,13H,7-8,11-12H2,1-3H3;1H. The number of pyridine rings is 1. The quantitative estimate of drug-likeness (QED) is 0.480. The summed E-state index contributed by atoms with van der Waals surface area (Å²) >= 11 is 1.93. The number of aryl methyl sites for hydroxylation is 2. The van der Waals surface area contributed by atoms with E-state index < -0.39 is 0 Å². The highest BCUT2D eigenvalue weighted by Gasteiger charge is 2.24. The fourth-order valence-corrected chi connectivity index (χ4v) is 4.77. The lowest BCUT2D eigenvalue weighted by Crippen LogP contribution is -2.13. The van der Waals surface area contributed by atoms with Crippen molar-refractivity contribution >= 4 is 34.0 Å². The van der Waals surface area contributed by atoms with Crippen LogP contribution in [0, 0.1) is 0 Å². The summed E-state index contributed by atoms with van der Waals surface area (Å²) in [6.45, 7) is 6.76. The van der Waals surface area contributed by atoms with E-state index in [9.17, 15) is 0 Å². The third-order valence-corrected chi connectivity index (χ3v) is 5.96. The predicted molar refractivity (Wildman–Crippen MR) is 108 cm³/mol. The number of rotatable bonds is 1. The van der Waals surface area contributed by atoms with E-state index >= 15 is 0 Å². The molecule has 0 saturated carbocycles. The molecule has 0 fully saturated rings. The van der Waals surface area contributed by atoms with Gasteiger partial charge in [-0.3, -0.25) is 0 Å². The van der Waals surface area contributed by atoms with Crippen LogP contribution in [-0.2, 0) is 18.3 Å². The maximum absolute atomic E-state index is 5.06. The number of hydrogen-bond acceptors (Lipinski definition) is 2. The lowest BCUT2D eigenvalue weighted by molar-refractivity contribution is 0.572. The van der Waals surface area contributed by atoms with Crippen molar-refractivity contribution in [3.8, 4) is 11.1 Å². The van der Waals surface area contributed by atoms with Crippen LogP contribution in [0.2, 0.25) is 0 Å². The minimum absolute atomic E-state index is 0. The van der Waals surface area contributed by atoms with Crippen LogP contribution >= 0.6 is 23.7 Å². The van der Waals surface area contributed by atoms with E-state index in [4.69, 9.17) is 4.98 Å². The molecule has 24 heavy (non-hydrogen) atoms. The second kappa shape index (κ2) is 6.50. The second-order valence-corrected chi connectivity index (χ2v) is 8.65. The topological polar surface area (TPSA) is 12.9 Å². The summed E-state index contributed by atoms with van der Waals surface area (Å²) in [5, 5.41) is 1.42. The lowest BCUT2D eigenvalue weighted by atomic mass is 9.87. The highest BCUT2D eigenvalue weighted by molar-refractivity contribution is 7.19. The Kier molecular flexibility index (Phi) is 4.72. The Morgan fingerprint density at radius 3 is 2.42 bits per heavy atom. The molecule has 1 aliphatic rings. The molecule has 3 aromatic rings. The van der Waals surface area contributed by atoms with Gasteiger partial charge in [-0.05, 0) is 48.4 Å². The molecule has 3 heteroatoms. The molecule has 4 rings (SSSR count). The molecule has 0 spiro atoms. The van der Waals surface area contributed by atoms with Crippen molar-refractivity contribution in [1.82, 2.24) is 4.98 Å². The minimum atomic E-state index is 0. The van der Waals surface area contributed by atoms with Gasteiger partial charge in [0.15, 0.2) is 0 Å². The summed E-state index contributed by atoms with van der Waals surface area (Å²) in [6, 6.07) is 13.2. The van der Waals surface area contributed by atoms with Gasteiger partial charge in [0.05, 0.1) is 0 Å². The van der Waals surface area contributed by atoms with Crippen LogP contribution in [0.4, 0.5) is 0 Å². The molecule has 0 unspecified atom stereocenters. The summed E-state index contributed by atoms with van der Waals surface area (Å²) in [5.74, 6) is 0. The average Bonchev–Trinajstić information content (AvgIpc) is 2.92. The first-order valence-electron chi connectivity index (χ1n) is 8.55. The van der Waals surface area contributed by atoms with Crippen LogP contribution in [0.15, 0.2) is 36.4 Å².